The van der Waals surface area contributed by atoms with Crippen LogP contribution in [0.15, 0.2) is 48.6 Å². The third kappa shape index (κ3) is 56.3. The number of aliphatic hydroxyl groups excluding tert-OH is 1. The highest BCUT2D eigenvalue weighted by Gasteiger charge is 2.16. The Hall–Kier alpha value is -2.14. The Morgan fingerprint density at radius 1 is 0.358 bits per heavy atom. The number of esters is 2. The van der Waals surface area contributed by atoms with Crippen molar-refractivity contribution in [2.45, 2.75) is 322 Å². The van der Waals surface area contributed by atoms with Crippen LogP contribution in [0.4, 0.5) is 0 Å². The van der Waals surface area contributed by atoms with E-state index in [-0.39, 0.29) is 25.2 Å². The second-order valence-electron chi connectivity index (χ2n) is 20.1. The molecule has 0 heterocycles. The van der Waals surface area contributed by atoms with Crippen LogP contribution in [-0.2, 0) is 19.1 Å². The zero-order chi connectivity index (χ0) is 48.5. The fraction of sp³-hybridized carbons (Fsp3) is 0.839. The summed E-state index contributed by atoms with van der Waals surface area (Å²) in [5.41, 5.74) is 0. The van der Waals surface area contributed by atoms with Gasteiger partial charge < -0.3 is 14.6 Å². The van der Waals surface area contributed by atoms with Gasteiger partial charge in [-0.25, -0.2) is 0 Å². The molecular formula is C62H114O5. The third-order valence-electron chi connectivity index (χ3n) is 13.4. The van der Waals surface area contributed by atoms with Crippen molar-refractivity contribution in [3.05, 3.63) is 48.6 Å². The lowest BCUT2D eigenvalue weighted by Crippen LogP contribution is -2.28. The molecule has 0 saturated carbocycles. The van der Waals surface area contributed by atoms with Gasteiger partial charge in [0.05, 0.1) is 6.61 Å². The number of allylic oxidation sites excluding steroid dienone is 8. The molecule has 0 spiro atoms. The van der Waals surface area contributed by atoms with E-state index in [9.17, 15) is 14.7 Å². The van der Waals surface area contributed by atoms with Crippen molar-refractivity contribution in [2.24, 2.45) is 0 Å². The summed E-state index contributed by atoms with van der Waals surface area (Å²) in [4.78, 5) is 24.5. The van der Waals surface area contributed by atoms with E-state index in [1.807, 2.05) is 0 Å². The van der Waals surface area contributed by atoms with Crippen LogP contribution in [0.2, 0.25) is 0 Å². The minimum Gasteiger partial charge on any atom is -0.462 e. The summed E-state index contributed by atoms with van der Waals surface area (Å²) in [6, 6.07) is 0. The quantitative estimate of drug-likeness (QED) is 0.0374. The Balaban J connectivity index is 3.41. The van der Waals surface area contributed by atoms with E-state index in [2.05, 4.69) is 62.5 Å². The van der Waals surface area contributed by atoms with Crippen LogP contribution in [0.25, 0.3) is 0 Å². The Morgan fingerprint density at radius 2 is 0.642 bits per heavy atom. The summed E-state index contributed by atoms with van der Waals surface area (Å²) < 4.78 is 10.7. The standard InChI is InChI=1S/C62H114O5/c1-3-5-7-9-11-13-15-17-19-21-23-25-26-27-28-29-30-31-32-33-34-35-36-37-39-41-43-45-47-49-51-53-55-57-62(65)67-60(58-63)59-66-61(64)56-54-52-50-48-46-44-42-40-38-24-22-20-18-16-14-12-10-8-6-4-2/h5,7,11,13,17,19,23,25,60,63H,3-4,6,8-10,12,14-16,18,20-22,24,26-59H2,1-2H3/b7-5-,13-11-,19-17-,25-23-. The molecule has 67 heavy (non-hydrogen) atoms. The number of ether oxygens (including phenoxy) is 2. The molecule has 1 unspecified atom stereocenters. The molecule has 0 aliphatic rings. The zero-order valence-corrected chi connectivity index (χ0v) is 44.9. The van der Waals surface area contributed by atoms with Crippen molar-refractivity contribution in [3.8, 4) is 0 Å². The van der Waals surface area contributed by atoms with Gasteiger partial charge in [0.2, 0.25) is 0 Å². The molecule has 5 nitrogen and oxygen atoms in total. The van der Waals surface area contributed by atoms with E-state index in [0.29, 0.717) is 12.8 Å². The number of hydrogen-bond acceptors (Lipinski definition) is 5. The molecule has 0 fully saturated rings. The van der Waals surface area contributed by atoms with Crippen LogP contribution in [0.3, 0.4) is 0 Å². The topological polar surface area (TPSA) is 72.8 Å². The highest BCUT2D eigenvalue weighted by molar-refractivity contribution is 5.70. The van der Waals surface area contributed by atoms with E-state index in [1.54, 1.807) is 0 Å². The van der Waals surface area contributed by atoms with Gasteiger partial charge in [0, 0.05) is 12.8 Å². The smallest absolute Gasteiger partial charge is 0.306 e. The van der Waals surface area contributed by atoms with Gasteiger partial charge in [-0.2, -0.15) is 0 Å². The first-order valence-corrected chi connectivity index (χ1v) is 29.7. The number of hydrogen-bond donors (Lipinski definition) is 1. The maximum absolute atomic E-state index is 12.3. The molecule has 0 aromatic carbocycles. The Kier molecular flexibility index (Phi) is 56.3. The molecule has 0 radical (unpaired) electrons. The highest BCUT2D eigenvalue weighted by atomic mass is 16.6. The molecule has 0 aliphatic heterocycles. The lowest BCUT2D eigenvalue weighted by atomic mass is 10.0. The SMILES string of the molecule is CC/C=C\C/C=C\C/C=C\C/C=C\CCCCCCCCCCCCCCCCCCCCCCC(=O)OC(CO)COC(=O)CCCCCCCCCCCCCCCCCCCCCC. The van der Waals surface area contributed by atoms with Crippen molar-refractivity contribution < 1.29 is 24.2 Å². The number of unbranched alkanes of at least 4 members (excludes halogenated alkanes) is 39. The van der Waals surface area contributed by atoms with Crippen LogP contribution in [0.5, 0.6) is 0 Å². The number of carbonyl (C=O) groups excluding carboxylic acids is 2. The fourth-order valence-electron chi connectivity index (χ4n) is 8.96. The Bertz CT molecular complexity index is 1110. The van der Waals surface area contributed by atoms with Crippen molar-refractivity contribution in [1.29, 1.82) is 0 Å². The first kappa shape index (κ1) is 64.9. The average molecular weight is 940 g/mol. The zero-order valence-electron chi connectivity index (χ0n) is 44.9. The van der Waals surface area contributed by atoms with Gasteiger partial charge in [0.15, 0.2) is 6.10 Å². The molecule has 0 aromatic heterocycles. The monoisotopic (exact) mass is 939 g/mol. The molecule has 1 N–H and O–H groups in total. The molecule has 0 bridgehead atoms. The second-order valence-corrected chi connectivity index (χ2v) is 20.1. The number of rotatable bonds is 55. The van der Waals surface area contributed by atoms with Crippen LogP contribution in [-0.4, -0.2) is 36.4 Å². The third-order valence-corrected chi connectivity index (χ3v) is 13.4. The maximum atomic E-state index is 12.3. The highest BCUT2D eigenvalue weighted by Crippen LogP contribution is 2.18. The largest absolute Gasteiger partial charge is 0.462 e. The van der Waals surface area contributed by atoms with Crippen molar-refractivity contribution in [2.75, 3.05) is 13.2 Å². The van der Waals surface area contributed by atoms with Gasteiger partial charge in [-0.05, 0) is 51.4 Å². The van der Waals surface area contributed by atoms with Gasteiger partial charge in [-0.3, -0.25) is 9.59 Å². The average Bonchev–Trinajstić information content (AvgIpc) is 3.33. The van der Waals surface area contributed by atoms with Gasteiger partial charge in [0.1, 0.15) is 6.61 Å². The summed E-state index contributed by atoms with van der Waals surface area (Å²) in [6.45, 7) is 4.08. The molecular weight excluding hydrogens is 825 g/mol. The lowest BCUT2D eigenvalue weighted by molar-refractivity contribution is -0.161. The van der Waals surface area contributed by atoms with E-state index < -0.39 is 6.10 Å². The molecule has 0 aromatic rings. The Labute approximate surface area is 418 Å². The second kappa shape index (κ2) is 58.2. The summed E-state index contributed by atoms with van der Waals surface area (Å²) in [5.74, 6) is -0.570. The molecule has 0 saturated heterocycles. The Morgan fingerprint density at radius 3 is 0.970 bits per heavy atom. The molecule has 5 heteroatoms. The molecule has 0 amide bonds. The minimum absolute atomic E-state index is 0.0597. The minimum atomic E-state index is -0.769. The normalized spacial score (nSPS) is 12.5. The first-order chi connectivity index (χ1) is 33.1. The van der Waals surface area contributed by atoms with Crippen molar-refractivity contribution in [3.63, 3.8) is 0 Å². The van der Waals surface area contributed by atoms with Crippen LogP contribution in [0, 0.1) is 0 Å². The first-order valence-electron chi connectivity index (χ1n) is 29.7. The summed E-state index contributed by atoms with van der Waals surface area (Å²) in [6.07, 6.45) is 76.7. The lowest BCUT2D eigenvalue weighted by Gasteiger charge is -2.15. The predicted octanol–water partition coefficient (Wildman–Crippen LogP) is 20.0. The van der Waals surface area contributed by atoms with E-state index in [0.717, 1.165) is 57.8 Å². The van der Waals surface area contributed by atoms with E-state index in [4.69, 9.17) is 9.47 Å². The molecule has 0 rings (SSSR count). The van der Waals surface area contributed by atoms with Gasteiger partial charge in [-0.1, -0.05) is 300 Å². The number of aliphatic hydroxyl groups is 1. The summed E-state index contributed by atoms with van der Waals surface area (Å²) in [7, 11) is 0. The number of carbonyl (C=O) groups is 2. The predicted molar refractivity (Wildman–Crippen MR) is 293 cm³/mol. The van der Waals surface area contributed by atoms with Crippen LogP contribution >= 0.6 is 0 Å². The summed E-state index contributed by atoms with van der Waals surface area (Å²) in [5, 5.41) is 9.66. The van der Waals surface area contributed by atoms with Crippen molar-refractivity contribution in [1.82, 2.24) is 0 Å². The summed E-state index contributed by atoms with van der Waals surface area (Å²) >= 11 is 0. The van der Waals surface area contributed by atoms with Crippen LogP contribution in [0.1, 0.15) is 316 Å². The fourth-order valence-corrected chi connectivity index (χ4v) is 8.96. The van der Waals surface area contributed by atoms with E-state index in [1.165, 1.54) is 231 Å². The van der Waals surface area contributed by atoms with Gasteiger partial charge in [-0.15, -0.1) is 0 Å². The molecule has 392 valence electrons. The van der Waals surface area contributed by atoms with Crippen molar-refractivity contribution >= 4 is 11.9 Å². The van der Waals surface area contributed by atoms with Gasteiger partial charge in [0.25, 0.3) is 0 Å². The van der Waals surface area contributed by atoms with Gasteiger partial charge >= 0.3 is 11.9 Å². The molecule has 0 aliphatic carbocycles. The molecule has 1 atom stereocenters. The van der Waals surface area contributed by atoms with Crippen LogP contribution < -0.4 is 0 Å². The maximum Gasteiger partial charge on any atom is 0.306 e. The van der Waals surface area contributed by atoms with E-state index >= 15 is 0 Å².